The van der Waals surface area contributed by atoms with E-state index in [1.807, 2.05) is 0 Å². The van der Waals surface area contributed by atoms with Gasteiger partial charge in [-0.15, -0.1) is 0 Å². The third-order valence-corrected chi connectivity index (χ3v) is 4.14. The maximum Gasteiger partial charge on any atom is 0.131 e. The summed E-state index contributed by atoms with van der Waals surface area (Å²) in [4.78, 5) is 2.28. The van der Waals surface area contributed by atoms with Crippen molar-refractivity contribution in [2.75, 3.05) is 20.1 Å². The number of piperidine rings is 1. The second-order valence-corrected chi connectivity index (χ2v) is 5.61. The summed E-state index contributed by atoms with van der Waals surface area (Å²) in [6.45, 7) is 3.31. The fourth-order valence-corrected chi connectivity index (χ4v) is 2.68. The molecule has 2 rings (SSSR count). The zero-order valence-corrected chi connectivity index (χ0v) is 11.9. The van der Waals surface area contributed by atoms with Crippen molar-refractivity contribution >= 4 is 0 Å². The predicted octanol–water partition coefficient (Wildman–Crippen LogP) is 2.07. The van der Waals surface area contributed by atoms with Gasteiger partial charge in [-0.3, -0.25) is 0 Å². The molecule has 112 valence electrons. The molecule has 0 saturated carbocycles. The van der Waals surface area contributed by atoms with Gasteiger partial charge in [0.2, 0.25) is 0 Å². The summed E-state index contributed by atoms with van der Waals surface area (Å²) < 4.78 is 27.1. The Hall–Kier alpha value is -1.04. The minimum absolute atomic E-state index is 0.166. The van der Waals surface area contributed by atoms with Gasteiger partial charge >= 0.3 is 0 Å². The van der Waals surface area contributed by atoms with Gasteiger partial charge in [-0.25, -0.2) is 8.78 Å². The van der Waals surface area contributed by atoms with Crippen LogP contribution in [0.4, 0.5) is 8.78 Å². The Balaban J connectivity index is 1.91. The molecule has 0 amide bonds. The maximum atomic E-state index is 13.5. The summed E-state index contributed by atoms with van der Waals surface area (Å²) in [7, 11) is 2.09. The van der Waals surface area contributed by atoms with E-state index in [9.17, 15) is 13.9 Å². The summed E-state index contributed by atoms with van der Waals surface area (Å²) >= 11 is 0. The monoisotopic (exact) mass is 284 g/mol. The second-order valence-electron chi connectivity index (χ2n) is 5.61. The average molecular weight is 284 g/mol. The van der Waals surface area contributed by atoms with E-state index in [1.165, 1.54) is 18.2 Å². The van der Waals surface area contributed by atoms with Gasteiger partial charge in [-0.05, 0) is 45.5 Å². The Bertz CT molecular complexity index is 435. The summed E-state index contributed by atoms with van der Waals surface area (Å²) in [6.07, 6.45) is 0.794. The van der Waals surface area contributed by atoms with Crippen LogP contribution in [-0.4, -0.2) is 42.2 Å². The quantitative estimate of drug-likeness (QED) is 0.888. The van der Waals surface area contributed by atoms with E-state index < -0.39 is 17.7 Å². The van der Waals surface area contributed by atoms with E-state index in [1.54, 1.807) is 0 Å². The molecule has 1 aromatic carbocycles. The highest BCUT2D eigenvalue weighted by molar-refractivity contribution is 5.22. The van der Waals surface area contributed by atoms with Gasteiger partial charge in [0.1, 0.15) is 11.6 Å². The number of nitrogens with one attached hydrogen (secondary N) is 1. The lowest BCUT2D eigenvalue weighted by atomic mass is 9.98. The zero-order valence-electron chi connectivity index (χ0n) is 11.9. The van der Waals surface area contributed by atoms with Crippen molar-refractivity contribution in [3.05, 3.63) is 35.4 Å². The first kappa shape index (κ1) is 15.4. The Kier molecular flexibility index (Phi) is 5.07. The first-order valence-electron chi connectivity index (χ1n) is 7.04. The number of halogens is 2. The largest absolute Gasteiger partial charge is 0.387 e. The van der Waals surface area contributed by atoms with Crippen molar-refractivity contribution in [3.8, 4) is 0 Å². The van der Waals surface area contributed by atoms with Crippen molar-refractivity contribution in [1.29, 1.82) is 0 Å². The summed E-state index contributed by atoms with van der Waals surface area (Å²) in [5, 5.41) is 13.2. The molecule has 20 heavy (non-hydrogen) atoms. The summed E-state index contributed by atoms with van der Waals surface area (Å²) in [5.41, 5.74) is -0.249. The van der Waals surface area contributed by atoms with Crippen LogP contribution in [0.5, 0.6) is 0 Å². The van der Waals surface area contributed by atoms with Crippen LogP contribution in [-0.2, 0) is 0 Å². The van der Waals surface area contributed by atoms with E-state index in [-0.39, 0.29) is 18.2 Å². The first-order valence-corrected chi connectivity index (χ1v) is 7.04. The standard InChI is InChI=1S/C15H22F2N2O/c1-10-8-11(6-7-19(10)2)18-9-14(20)15-12(16)4-3-5-13(15)17/h3-5,10-11,14,18,20H,6-9H2,1-2H3. The second kappa shape index (κ2) is 6.61. The normalized spacial score (nSPS) is 25.6. The number of rotatable bonds is 4. The Morgan fingerprint density at radius 3 is 2.65 bits per heavy atom. The molecule has 1 aliphatic rings. The van der Waals surface area contributed by atoms with Crippen molar-refractivity contribution < 1.29 is 13.9 Å². The molecule has 0 aliphatic carbocycles. The van der Waals surface area contributed by atoms with Crippen molar-refractivity contribution in [3.63, 3.8) is 0 Å². The van der Waals surface area contributed by atoms with Crippen molar-refractivity contribution in [2.45, 2.75) is 38.0 Å². The zero-order chi connectivity index (χ0) is 14.7. The van der Waals surface area contributed by atoms with E-state index in [4.69, 9.17) is 0 Å². The van der Waals surface area contributed by atoms with Crippen LogP contribution in [0.3, 0.4) is 0 Å². The van der Waals surface area contributed by atoms with Crippen LogP contribution in [0.2, 0.25) is 0 Å². The van der Waals surface area contributed by atoms with Gasteiger partial charge in [-0.2, -0.15) is 0 Å². The molecule has 1 aromatic rings. The molecule has 1 heterocycles. The van der Waals surface area contributed by atoms with Crippen LogP contribution < -0.4 is 5.32 Å². The van der Waals surface area contributed by atoms with Gasteiger partial charge in [0.25, 0.3) is 0 Å². The SMILES string of the molecule is CC1CC(NCC(O)c2c(F)cccc2F)CCN1C. The third kappa shape index (κ3) is 3.53. The molecule has 1 fully saturated rings. The molecule has 0 aromatic heterocycles. The predicted molar refractivity (Wildman–Crippen MR) is 74.4 cm³/mol. The van der Waals surface area contributed by atoms with Crippen LogP contribution in [0.25, 0.3) is 0 Å². The first-order chi connectivity index (χ1) is 9.49. The number of hydrogen-bond donors (Lipinski definition) is 2. The maximum absolute atomic E-state index is 13.5. The lowest BCUT2D eigenvalue weighted by molar-refractivity contribution is 0.134. The van der Waals surface area contributed by atoms with Gasteiger partial charge in [0.15, 0.2) is 0 Å². The molecule has 0 spiro atoms. The number of hydrogen-bond acceptors (Lipinski definition) is 3. The smallest absolute Gasteiger partial charge is 0.131 e. The van der Waals surface area contributed by atoms with Gasteiger partial charge in [-0.1, -0.05) is 6.07 Å². The fourth-order valence-electron chi connectivity index (χ4n) is 2.68. The van der Waals surface area contributed by atoms with Gasteiger partial charge in [0, 0.05) is 18.6 Å². The average Bonchev–Trinajstić information content (AvgIpc) is 2.40. The molecule has 5 heteroatoms. The van der Waals surface area contributed by atoms with E-state index in [0.29, 0.717) is 6.04 Å². The highest BCUT2D eigenvalue weighted by Gasteiger charge is 2.24. The Labute approximate surface area is 118 Å². The van der Waals surface area contributed by atoms with Crippen LogP contribution in [0.15, 0.2) is 18.2 Å². The highest BCUT2D eigenvalue weighted by Crippen LogP contribution is 2.21. The number of benzene rings is 1. The lowest BCUT2D eigenvalue weighted by Crippen LogP contribution is -2.46. The molecular formula is C15H22F2N2O. The molecule has 2 N–H and O–H groups in total. The van der Waals surface area contributed by atoms with Crippen molar-refractivity contribution in [2.24, 2.45) is 0 Å². The number of nitrogens with zero attached hydrogens (tertiary/aromatic N) is 1. The number of aliphatic hydroxyl groups excluding tert-OH is 1. The number of likely N-dealkylation sites (tertiary alicyclic amines) is 1. The summed E-state index contributed by atoms with van der Waals surface area (Å²) in [6, 6.07) is 4.39. The fraction of sp³-hybridized carbons (Fsp3) is 0.600. The van der Waals surface area contributed by atoms with Crippen LogP contribution in [0.1, 0.15) is 31.4 Å². The number of aliphatic hydroxyl groups is 1. The molecule has 0 bridgehead atoms. The van der Waals surface area contributed by atoms with Crippen molar-refractivity contribution in [1.82, 2.24) is 10.2 Å². The third-order valence-electron chi connectivity index (χ3n) is 4.14. The van der Waals surface area contributed by atoms with E-state index in [0.717, 1.165) is 19.4 Å². The molecule has 3 nitrogen and oxygen atoms in total. The van der Waals surface area contributed by atoms with E-state index >= 15 is 0 Å². The molecular weight excluding hydrogens is 262 g/mol. The van der Waals surface area contributed by atoms with Gasteiger partial charge in [0.05, 0.1) is 11.7 Å². The Morgan fingerprint density at radius 1 is 1.40 bits per heavy atom. The van der Waals surface area contributed by atoms with Gasteiger partial charge < -0.3 is 15.3 Å². The Morgan fingerprint density at radius 2 is 2.05 bits per heavy atom. The topological polar surface area (TPSA) is 35.5 Å². The van der Waals surface area contributed by atoms with Crippen LogP contribution >= 0.6 is 0 Å². The van der Waals surface area contributed by atoms with Crippen LogP contribution in [0, 0.1) is 11.6 Å². The highest BCUT2D eigenvalue weighted by atomic mass is 19.1. The minimum atomic E-state index is -1.16. The molecule has 0 radical (unpaired) electrons. The minimum Gasteiger partial charge on any atom is -0.387 e. The van der Waals surface area contributed by atoms with E-state index in [2.05, 4.69) is 24.2 Å². The molecule has 1 aliphatic heterocycles. The lowest BCUT2D eigenvalue weighted by Gasteiger charge is -2.35. The molecule has 1 saturated heterocycles. The molecule has 3 atom stereocenters. The molecule has 3 unspecified atom stereocenters. The summed E-state index contributed by atoms with van der Waals surface area (Å²) in [5.74, 6) is -1.40.